The number of halogens is 1. The van der Waals surface area contributed by atoms with Crippen LogP contribution in [0.3, 0.4) is 0 Å². The Kier molecular flexibility index (Phi) is 2.36. The highest BCUT2D eigenvalue weighted by Crippen LogP contribution is 2.18. The fraction of sp³-hybridized carbons (Fsp3) is 0.556. The lowest BCUT2D eigenvalue weighted by atomic mass is 10.4. The van der Waals surface area contributed by atoms with Crippen LogP contribution in [0.1, 0.15) is 18.5 Å². The molecule has 0 radical (unpaired) electrons. The van der Waals surface area contributed by atoms with Crippen molar-refractivity contribution in [3.05, 3.63) is 16.9 Å². The van der Waals surface area contributed by atoms with Gasteiger partial charge in [-0.25, -0.2) is 9.97 Å². The second-order valence-corrected chi connectivity index (χ2v) is 3.71. The van der Waals surface area contributed by atoms with E-state index in [0.29, 0.717) is 5.15 Å². The molecule has 0 unspecified atom stereocenters. The van der Waals surface area contributed by atoms with Gasteiger partial charge < -0.3 is 4.90 Å². The quantitative estimate of drug-likeness (QED) is 0.646. The van der Waals surface area contributed by atoms with Gasteiger partial charge in [-0.3, -0.25) is 0 Å². The van der Waals surface area contributed by atoms with Crippen LogP contribution in [0.5, 0.6) is 0 Å². The number of aryl methyl sites for hydroxylation is 1. The standard InChI is InChI=1S/C9H12ClN3/c1-7-6-8(10)12-9(11-7)13-4-2-3-5-13/h6H,2-5H2,1H3. The summed E-state index contributed by atoms with van der Waals surface area (Å²) in [4.78, 5) is 10.7. The van der Waals surface area contributed by atoms with Crippen molar-refractivity contribution in [1.29, 1.82) is 0 Å². The van der Waals surface area contributed by atoms with E-state index in [1.807, 2.05) is 6.92 Å². The Morgan fingerprint density at radius 1 is 1.31 bits per heavy atom. The Balaban J connectivity index is 2.28. The lowest BCUT2D eigenvalue weighted by Gasteiger charge is -2.15. The van der Waals surface area contributed by atoms with E-state index in [2.05, 4.69) is 14.9 Å². The van der Waals surface area contributed by atoms with Crippen LogP contribution in [-0.4, -0.2) is 23.1 Å². The average molecular weight is 198 g/mol. The van der Waals surface area contributed by atoms with Gasteiger partial charge in [0, 0.05) is 18.8 Å². The highest BCUT2D eigenvalue weighted by molar-refractivity contribution is 6.29. The third-order valence-corrected chi connectivity index (χ3v) is 2.39. The zero-order valence-corrected chi connectivity index (χ0v) is 8.38. The molecule has 70 valence electrons. The van der Waals surface area contributed by atoms with E-state index in [-0.39, 0.29) is 0 Å². The minimum absolute atomic E-state index is 0.536. The molecule has 0 saturated carbocycles. The number of anilines is 1. The number of hydrogen-bond donors (Lipinski definition) is 0. The highest BCUT2D eigenvalue weighted by atomic mass is 35.5. The maximum absolute atomic E-state index is 5.85. The monoisotopic (exact) mass is 197 g/mol. The SMILES string of the molecule is Cc1cc(Cl)nc(N2CCCC2)n1. The Morgan fingerprint density at radius 3 is 2.62 bits per heavy atom. The molecule has 1 aromatic rings. The van der Waals surface area contributed by atoms with E-state index in [0.717, 1.165) is 24.7 Å². The van der Waals surface area contributed by atoms with Crippen LogP contribution in [-0.2, 0) is 0 Å². The molecule has 13 heavy (non-hydrogen) atoms. The van der Waals surface area contributed by atoms with E-state index < -0.39 is 0 Å². The maximum Gasteiger partial charge on any atom is 0.226 e. The number of aromatic nitrogens is 2. The van der Waals surface area contributed by atoms with E-state index in [4.69, 9.17) is 11.6 Å². The van der Waals surface area contributed by atoms with Crippen LogP contribution in [0.4, 0.5) is 5.95 Å². The minimum Gasteiger partial charge on any atom is -0.341 e. The molecule has 0 aliphatic carbocycles. The molecule has 1 saturated heterocycles. The van der Waals surface area contributed by atoms with Gasteiger partial charge in [-0.1, -0.05) is 11.6 Å². The topological polar surface area (TPSA) is 29.0 Å². The van der Waals surface area contributed by atoms with Crippen LogP contribution in [0.15, 0.2) is 6.07 Å². The molecular weight excluding hydrogens is 186 g/mol. The second-order valence-electron chi connectivity index (χ2n) is 3.33. The van der Waals surface area contributed by atoms with Crippen LogP contribution < -0.4 is 4.90 Å². The Morgan fingerprint density at radius 2 is 2.00 bits per heavy atom. The van der Waals surface area contributed by atoms with E-state index in [9.17, 15) is 0 Å². The molecule has 1 aliphatic heterocycles. The third kappa shape index (κ3) is 1.91. The maximum atomic E-state index is 5.85. The smallest absolute Gasteiger partial charge is 0.226 e. The summed E-state index contributed by atoms with van der Waals surface area (Å²) in [5.41, 5.74) is 0.932. The molecular formula is C9H12ClN3. The zero-order valence-electron chi connectivity index (χ0n) is 7.63. The number of rotatable bonds is 1. The summed E-state index contributed by atoms with van der Waals surface area (Å²) in [6.07, 6.45) is 2.46. The molecule has 0 aromatic carbocycles. The second kappa shape index (κ2) is 3.50. The first-order chi connectivity index (χ1) is 6.25. The van der Waals surface area contributed by atoms with Crippen LogP contribution in [0, 0.1) is 6.92 Å². The van der Waals surface area contributed by atoms with Gasteiger partial charge in [-0.15, -0.1) is 0 Å². The molecule has 4 heteroatoms. The molecule has 1 aromatic heterocycles. The zero-order chi connectivity index (χ0) is 9.26. The predicted molar refractivity (Wildman–Crippen MR) is 53.2 cm³/mol. The first-order valence-corrected chi connectivity index (χ1v) is 4.89. The van der Waals surface area contributed by atoms with Crippen molar-refractivity contribution in [2.75, 3.05) is 18.0 Å². The van der Waals surface area contributed by atoms with Crippen molar-refractivity contribution >= 4 is 17.5 Å². The highest BCUT2D eigenvalue weighted by Gasteiger charge is 2.15. The summed E-state index contributed by atoms with van der Waals surface area (Å²) in [7, 11) is 0. The van der Waals surface area contributed by atoms with Crippen LogP contribution >= 0.6 is 11.6 Å². The summed E-state index contributed by atoms with van der Waals surface area (Å²) in [5, 5.41) is 0.536. The molecule has 0 N–H and O–H groups in total. The van der Waals surface area contributed by atoms with Gasteiger partial charge in [0.25, 0.3) is 0 Å². The van der Waals surface area contributed by atoms with Gasteiger partial charge in [-0.05, 0) is 25.8 Å². The summed E-state index contributed by atoms with van der Waals surface area (Å²) in [5.74, 6) is 0.780. The first kappa shape index (κ1) is 8.75. The molecule has 2 rings (SSSR count). The van der Waals surface area contributed by atoms with Gasteiger partial charge in [0.15, 0.2) is 0 Å². The fourth-order valence-corrected chi connectivity index (χ4v) is 1.81. The van der Waals surface area contributed by atoms with E-state index in [1.54, 1.807) is 6.07 Å². The molecule has 2 heterocycles. The number of hydrogen-bond acceptors (Lipinski definition) is 3. The predicted octanol–water partition coefficient (Wildman–Crippen LogP) is 2.04. The molecule has 3 nitrogen and oxygen atoms in total. The first-order valence-electron chi connectivity index (χ1n) is 4.52. The van der Waals surface area contributed by atoms with Crippen molar-refractivity contribution < 1.29 is 0 Å². The fourth-order valence-electron chi connectivity index (χ4n) is 1.57. The van der Waals surface area contributed by atoms with Crippen molar-refractivity contribution in [1.82, 2.24) is 9.97 Å². The summed E-state index contributed by atoms with van der Waals surface area (Å²) in [6, 6.07) is 1.78. The van der Waals surface area contributed by atoms with Gasteiger partial charge >= 0.3 is 0 Å². The Bertz CT molecular complexity index is 287. The Labute approximate surface area is 82.8 Å². The van der Waals surface area contributed by atoms with Crippen LogP contribution in [0.2, 0.25) is 5.15 Å². The van der Waals surface area contributed by atoms with Gasteiger partial charge in [0.2, 0.25) is 5.95 Å². The number of nitrogens with zero attached hydrogens (tertiary/aromatic N) is 3. The average Bonchev–Trinajstić information content (AvgIpc) is 2.53. The van der Waals surface area contributed by atoms with E-state index in [1.165, 1.54) is 12.8 Å². The Hall–Kier alpha value is -0.830. The van der Waals surface area contributed by atoms with Crippen LogP contribution in [0.25, 0.3) is 0 Å². The summed E-state index contributed by atoms with van der Waals surface area (Å²) in [6.45, 7) is 4.05. The van der Waals surface area contributed by atoms with Crippen molar-refractivity contribution in [3.8, 4) is 0 Å². The van der Waals surface area contributed by atoms with Crippen molar-refractivity contribution in [2.24, 2.45) is 0 Å². The minimum atomic E-state index is 0.536. The van der Waals surface area contributed by atoms with Gasteiger partial charge in [0.05, 0.1) is 0 Å². The van der Waals surface area contributed by atoms with Gasteiger partial charge in [0.1, 0.15) is 5.15 Å². The molecule has 0 atom stereocenters. The van der Waals surface area contributed by atoms with Crippen molar-refractivity contribution in [2.45, 2.75) is 19.8 Å². The third-order valence-electron chi connectivity index (χ3n) is 2.20. The molecule has 0 bridgehead atoms. The molecule has 1 aliphatic rings. The summed E-state index contributed by atoms with van der Waals surface area (Å²) >= 11 is 5.85. The lowest BCUT2D eigenvalue weighted by molar-refractivity contribution is 0.889. The van der Waals surface area contributed by atoms with Gasteiger partial charge in [-0.2, -0.15) is 0 Å². The van der Waals surface area contributed by atoms with E-state index >= 15 is 0 Å². The molecule has 0 spiro atoms. The summed E-state index contributed by atoms with van der Waals surface area (Å²) < 4.78 is 0. The normalized spacial score (nSPS) is 16.6. The molecule has 1 fully saturated rings. The lowest BCUT2D eigenvalue weighted by Crippen LogP contribution is -2.20. The molecule has 0 amide bonds. The van der Waals surface area contributed by atoms with Crippen molar-refractivity contribution in [3.63, 3.8) is 0 Å². The largest absolute Gasteiger partial charge is 0.341 e.